The van der Waals surface area contributed by atoms with E-state index < -0.39 is 5.41 Å². The van der Waals surface area contributed by atoms with Crippen LogP contribution in [0.3, 0.4) is 0 Å². The second-order valence-electron chi connectivity index (χ2n) is 9.57. The number of allylic oxidation sites excluding steroid dienone is 4. The van der Waals surface area contributed by atoms with Gasteiger partial charge in [-0.05, 0) is 91.3 Å². The molecule has 4 nitrogen and oxygen atoms in total. The predicted molar refractivity (Wildman–Crippen MR) is 129 cm³/mol. The monoisotopic (exact) mass is 430 g/mol. The highest BCUT2D eigenvalue weighted by Gasteiger charge is 2.23. The van der Waals surface area contributed by atoms with Crippen LogP contribution >= 0.6 is 0 Å². The van der Waals surface area contributed by atoms with Gasteiger partial charge in [-0.3, -0.25) is 4.79 Å². The summed E-state index contributed by atoms with van der Waals surface area (Å²) in [5.41, 5.74) is 3.78. The number of aromatic hydroxyl groups is 1. The molecule has 1 rings (SSSR count). The van der Waals surface area contributed by atoms with Gasteiger partial charge in [-0.25, -0.2) is 0 Å². The predicted octanol–water partition coefficient (Wildman–Crippen LogP) is 7.29. The maximum Gasteiger partial charge on any atom is 0.314 e. The summed E-state index contributed by atoms with van der Waals surface area (Å²) in [6, 6.07) is 3.81. The molecule has 0 aliphatic heterocycles. The van der Waals surface area contributed by atoms with E-state index >= 15 is 0 Å². The zero-order valence-electron chi connectivity index (χ0n) is 20.6. The number of rotatable bonds is 12. The first kappa shape index (κ1) is 26.8. The van der Waals surface area contributed by atoms with Crippen LogP contribution in [-0.2, 0) is 22.4 Å². The normalized spacial score (nSPS) is 11.9. The molecule has 4 heteroatoms. The molecule has 0 saturated carbocycles. The van der Waals surface area contributed by atoms with Crippen LogP contribution < -0.4 is 4.74 Å². The van der Waals surface area contributed by atoms with Crippen molar-refractivity contribution in [2.24, 2.45) is 5.41 Å². The van der Waals surface area contributed by atoms with Gasteiger partial charge < -0.3 is 14.6 Å². The van der Waals surface area contributed by atoms with Crippen molar-refractivity contribution in [3.63, 3.8) is 0 Å². The Bertz CT molecular complexity index is 762. The molecule has 0 aromatic heterocycles. The van der Waals surface area contributed by atoms with E-state index in [0.29, 0.717) is 12.2 Å². The molecule has 0 saturated heterocycles. The van der Waals surface area contributed by atoms with Crippen molar-refractivity contribution in [1.29, 1.82) is 0 Å². The van der Waals surface area contributed by atoms with Gasteiger partial charge in [-0.1, -0.05) is 43.1 Å². The first-order valence-electron chi connectivity index (χ1n) is 11.5. The Morgan fingerprint density at radius 3 is 2.42 bits per heavy atom. The number of carbonyl (C=O) groups is 1. The van der Waals surface area contributed by atoms with Gasteiger partial charge in [0.25, 0.3) is 0 Å². The summed E-state index contributed by atoms with van der Waals surface area (Å²) >= 11 is 0. The molecule has 174 valence electrons. The zero-order chi connectivity index (χ0) is 23.4. The average molecular weight is 431 g/mol. The third-order valence-corrected chi connectivity index (χ3v) is 5.08. The number of esters is 1. The lowest BCUT2D eigenvalue weighted by Gasteiger charge is -2.18. The molecule has 1 aromatic carbocycles. The molecule has 0 spiro atoms. The molecule has 0 fully saturated rings. The molecule has 0 bridgehead atoms. The van der Waals surface area contributed by atoms with Gasteiger partial charge in [0, 0.05) is 5.56 Å². The molecule has 31 heavy (non-hydrogen) atoms. The zero-order valence-corrected chi connectivity index (χ0v) is 20.6. The minimum atomic E-state index is -0.582. The van der Waals surface area contributed by atoms with E-state index in [9.17, 15) is 9.90 Å². The van der Waals surface area contributed by atoms with Gasteiger partial charge in [0.1, 0.15) is 11.5 Å². The highest BCUT2D eigenvalue weighted by Crippen LogP contribution is 2.32. The number of aryl methyl sites for hydroxylation is 1. The summed E-state index contributed by atoms with van der Waals surface area (Å²) in [6.45, 7) is 13.8. The minimum absolute atomic E-state index is 0.162. The van der Waals surface area contributed by atoms with Gasteiger partial charge in [0.15, 0.2) is 0 Å². The van der Waals surface area contributed by atoms with Crippen LogP contribution in [0.25, 0.3) is 0 Å². The number of phenols is 1. The van der Waals surface area contributed by atoms with Crippen molar-refractivity contribution in [3.05, 3.63) is 46.6 Å². The third kappa shape index (κ3) is 10.6. The highest BCUT2D eigenvalue weighted by atomic mass is 16.7. The summed E-state index contributed by atoms with van der Waals surface area (Å²) in [5.74, 6) is 0.508. The van der Waals surface area contributed by atoms with E-state index in [4.69, 9.17) is 9.47 Å². The van der Waals surface area contributed by atoms with Crippen LogP contribution in [0.2, 0.25) is 0 Å². The maximum atomic E-state index is 12.0. The first-order valence-corrected chi connectivity index (χ1v) is 11.5. The lowest BCUT2D eigenvalue weighted by Crippen LogP contribution is -2.24. The fourth-order valence-electron chi connectivity index (χ4n) is 3.07. The van der Waals surface area contributed by atoms with Crippen LogP contribution in [-0.4, -0.2) is 17.9 Å². The van der Waals surface area contributed by atoms with E-state index in [1.807, 2.05) is 32.9 Å². The van der Waals surface area contributed by atoms with Crippen molar-refractivity contribution in [1.82, 2.24) is 0 Å². The fourth-order valence-corrected chi connectivity index (χ4v) is 3.07. The Morgan fingerprint density at radius 1 is 1.10 bits per heavy atom. The van der Waals surface area contributed by atoms with Crippen LogP contribution in [0.4, 0.5) is 0 Å². The molecule has 1 N–H and O–H groups in total. The van der Waals surface area contributed by atoms with Gasteiger partial charge in [0.2, 0.25) is 6.79 Å². The Balaban J connectivity index is 2.97. The summed E-state index contributed by atoms with van der Waals surface area (Å²) in [7, 11) is 0. The van der Waals surface area contributed by atoms with E-state index in [0.717, 1.165) is 49.7 Å². The average Bonchev–Trinajstić information content (AvgIpc) is 2.66. The van der Waals surface area contributed by atoms with Crippen LogP contribution in [0.15, 0.2) is 35.4 Å². The van der Waals surface area contributed by atoms with E-state index in [-0.39, 0.29) is 18.5 Å². The SMILES string of the molecule is CCCCCc1cc(O)c(C/C=C(\C)CCC=C(C)C)c(OCOC(=O)C(C)(C)C)c1. The van der Waals surface area contributed by atoms with E-state index in [1.54, 1.807) is 0 Å². The van der Waals surface area contributed by atoms with Crippen LogP contribution in [0.1, 0.15) is 91.7 Å². The van der Waals surface area contributed by atoms with Crippen molar-refractivity contribution in [2.45, 2.75) is 93.4 Å². The Kier molecular flexibility index (Phi) is 11.4. The van der Waals surface area contributed by atoms with E-state index in [1.165, 1.54) is 11.1 Å². The first-order chi connectivity index (χ1) is 14.5. The number of phenolic OH excluding ortho intramolecular Hbond substituents is 1. The van der Waals surface area contributed by atoms with E-state index in [2.05, 4.69) is 39.8 Å². The number of hydrogen-bond donors (Lipinski definition) is 1. The van der Waals surface area contributed by atoms with Crippen LogP contribution in [0.5, 0.6) is 11.5 Å². The number of carbonyl (C=O) groups excluding carboxylic acids is 1. The summed E-state index contributed by atoms with van der Waals surface area (Å²) in [6.07, 6.45) is 11.2. The fraction of sp³-hybridized carbons (Fsp3) is 0.593. The lowest BCUT2D eigenvalue weighted by molar-refractivity contribution is -0.159. The van der Waals surface area contributed by atoms with Gasteiger partial charge in [-0.2, -0.15) is 0 Å². The highest BCUT2D eigenvalue weighted by molar-refractivity contribution is 5.75. The summed E-state index contributed by atoms with van der Waals surface area (Å²) < 4.78 is 11.1. The molecule has 0 aliphatic rings. The molecule has 0 unspecified atom stereocenters. The molecule has 0 heterocycles. The van der Waals surface area contributed by atoms with Crippen molar-refractivity contribution >= 4 is 5.97 Å². The molecule has 0 atom stereocenters. The standard InChI is InChI=1S/C27H42O4/c1-8-9-10-14-22-17-24(28)23(16-15-21(4)13-11-12-20(2)3)25(18-22)30-19-31-26(29)27(5,6)7/h12,15,17-18,28H,8-11,13-14,16,19H2,1-7H3/b21-15+. The van der Waals surface area contributed by atoms with Gasteiger partial charge >= 0.3 is 5.97 Å². The second kappa shape index (κ2) is 13.2. The summed E-state index contributed by atoms with van der Waals surface area (Å²) in [5, 5.41) is 10.7. The molecule has 0 aliphatic carbocycles. The largest absolute Gasteiger partial charge is 0.508 e. The Morgan fingerprint density at radius 2 is 1.81 bits per heavy atom. The lowest BCUT2D eigenvalue weighted by atomic mass is 9.98. The van der Waals surface area contributed by atoms with Crippen molar-refractivity contribution in [2.75, 3.05) is 6.79 Å². The minimum Gasteiger partial charge on any atom is -0.508 e. The number of ether oxygens (including phenoxy) is 2. The molecule has 1 aromatic rings. The molecular formula is C27H42O4. The molecular weight excluding hydrogens is 388 g/mol. The molecule has 0 amide bonds. The topological polar surface area (TPSA) is 55.8 Å². The van der Waals surface area contributed by atoms with Crippen molar-refractivity contribution in [3.8, 4) is 11.5 Å². The van der Waals surface area contributed by atoms with Gasteiger partial charge in [-0.15, -0.1) is 0 Å². The Labute approximate surface area is 189 Å². The third-order valence-electron chi connectivity index (χ3n) is 5.08. The summed E-state index contributed by atoms with van der Waals surface area (Å²) in [4.78, 5) is 12.0. The molecule has 0 radical (unpaired) electrons. The van der Waals surface area contributed by atoms with Crippen molar-refractivity contribution < 1.29 is 19.4 Å². The number of hydrogen-bond acceptors (Lipinski definition) is 4. The Hall–Kier alpha value is -2.23. The second-order valence-corrected chi connectivity index (χ2v) is 9.57. The van der Waals surface area contributed by atoms with Gasteiger partial charge in [0.05, 0.1) is 5.41 Å². The smallest absolute Gasteiger partial charge is 0.314 e. The number of benzene rings is 1. The number of unbranched alkanes of at least 4 members (excludes halogenated alkanes) is 2. The maximum absolute atomic E-state index is 12.0. The quantitative estimate of drug-likeness (QED) is 0.164. The van der Waals surface area contributed by atoms with Crippen LogP contribution in [0, 0.1) is 5.41 Å².